The number of nitrogens with one attached hydrogen (secondary N) is 2. The first-order valence-corrected chi connectivity index (χ1v) is 7.54. The quantitative estimate of drug-likeness (QED) is 0.581. The van der Waals surface area contributed by atoms with Crippen molar-refractivity contribution in [3.05, 3.63) is 0 Å². The van der Waals surface area contributed by atoms with E-state index < -0.39 is 5.97 Å². The average molecular weight is 299 g/mol. The van der Waals surface area contributed by atoms with Gasteiger partial charge >= 0.3 is 12.0 Å². The third kappa shape index (κ3) is 6.01. The van der Waals surface area contributed by atoms with Crippen LogP contribution in [0.5, 0.6) is 0 Å². The highest BCUT2D eigenvalue weighted by molar-refractivity contribution is 5.87. The van der Waals surface area contributed by atoms with Crippen molar-refractivity contribution in [1.29, 1.82) is 0 Å². The molecule has 1 fully saturated rings. The normalized spacial score (nSPS) is 17.6. The van der Waals surface area contributed by atoms with Gasteiger partial charge in [0, 0.05) is 26.6 Å². The van der Waals surface area contributed by atoms with Gasteiger partial charge in [-0.3, -0.25) is 9.59 Å². The van der Waals surface area contributed by atoms with E-state index in [1.807, 2.05) is 0 Å². The summed E-state index contributed by atoms with van der Waals surface area (Å²) in [6, 6.07) is -0.544. The first kappa shape index (κ1) is 17.3. The highest BCUT2D eigenvalue weighted by Gasteiger charge is 2.33. The Hall–Kier alpha value is -1.79. The molecule has 120 valence electrons. The SMILES string of the molecule is CNC(=O)C1CCCN1C(=O)NCCCCCCC(=O)O. The number of urea groups is 1. The zero-order valence-electron chi connectivity index (χ0n) is 12.6. The molecular weight excluding hydrogens is 274 g/mol. The van der Waals surface area contributed by atoms with Crippen molar-refractivity contribution >= 4 is 17.9 Å². The largest absolute Gasteiger partial charge is 0.481 e. The summed E-state index contributed by atoms with van der Waals surface area (Å²) >= 11 is 0. The van der Waals surface area contributed by atoms with Gasteiger partial charge in [0.15, 0.2) is 0 Å². The number of nitrogens with zero attached hydrogens (tertiary/aromatic N) is 1. The number of aliphatic carboxylic acids is 1. The zero-order chi connectivity index (χ0) is 15.7. The van der Waals surface area contributed by atoms with E-state index in [-0.39, 0.29) is 24.4 Å². The molecule has 0 aromatic rings. The molecular formula is C14H25N3O4. The van der Waals surface area contributed by atoms with Crippen LogP contribution in [0.1, 0.15) is 44.9 Å². The van der Waals surface area contributed by atoms with Crippen LogP contribution in [0.4, 0.5) is 4.79 Å². The first-order valence-electron chi connectivity index (χ1n) is 7.54. The Morgan fingerprint density at radius 1 is 1.19 bits per heavy atom. The number of likely N-dealkylation sites (tertiary alicyclic amines) is 1. The lowest BCUT2D eigenvalue weighted by Crippen LogP contribution is -2.49. The van der Waals surface area contributed by atoms with E-state index in [1.165, 1.54) is 0 Å². The van der Waals surface area contributed by atoms with E-state index in [0.717, 1.165) is 25.7 Å². The van der Waals surface area contributed by atoms with Crippen LogP contribution >= 0.6 is 0 Å². The Bertz CT molecular complexity index is 373. The van der Waals surface area contributed by atoms with Crippen molar-refractivity contribution in [2.45, 2.75) is 51.0 Å². The highest BCUT2D eigenvalue weighted by atomic mass is 16.4. The Balaban J connectivity index is 2.15. The predicted octanol–water partition coefficient (Wildman–Crippen LogP) is 0.941. The third-order valence-electron chi connectivity index (χ3n) is 3.66. The second kappa shape index (κ2) is 9.20. The molecule has 1 unspecified atom stereocenters. The maximum absolute atomic E-state index is 12.0. The number of rotatable bonds is 8. The van der Waals surface area contributed by atoms with Gasteiger partial charge in [0.2, 0.25) is 5.91 Å². The van der Waals surface area contributed by atoms with Crippen molar-refractivity contribution in [3.8, 4) is 0 Å². The zero-order valence-corrected chi connectivity index (χ0v) is 12.6. The minimum Gasteiger partial charge on any atom is -0.481 e. The van der Waals surface area contributed by atoms with E-state index in [1.54, 1.807) is 11.9 Å². The fraction of sp³-hybridized carbons (Fsp3) is 0.786. The van der Waals surface area contributed by atoms with Gasteiger partial charge < -0.3 is 20.6 Å². The smallest absolute Gasteiger partial charge is 0.318 e. The summed E-state index contributed by atoms with van der Waals surface area (Å²) in [4.78, 5) is 35.6. The molecule has 0 aliphatic carbocycles. The Labute approximate surface area is 125 Å². The molecule has 0 radical (unpaired) electrons. The summed E-state index contributed by atoms with van der Waals surface area (Å²) in [5, 5.41) is 13.9. The van der Waals surface area contributed by atoms with Gasteiger partial charge in [-0.2, -0.15) is 0 Å². The van der Waals surface area contributed by atoms with Gasteiger partial charge in [-0.05, 0) is 25.7 Å². The molecule has 0 aromatic heterocycles. The van der Waals surface area contributed by atoms with Crippen LogP contribution in [0.2, 0.25) is 0 Å². The van der Waals surface area contributed by atoms with Gasteiger partial charge in [-0.1, -0.05) is 12.8 Å². The minimum atomic E-state index is -0.766. The second-order valence-electron chi connectivity index (χ2n) is 5.26. The Morgan fingerprint density at radius 3 is 2.57 bits per heavy atom. The van der Waals surface area contributed by atoms with Crippen molar-refractivity contribution in [2.75, 3.05) is 20.1 Å². The molecule has 1 aliphatic rings. The summed E-state index contributed by atoms with van der Waals surface area (Å²) in [6.45, 7) is 1.17. The van der Waals surface area contributed by atoms with Crippen LogP contribution < -0.4 is 10.6 Å². The molecule has 3 amide bonds. The number of carboxylic acid groups (broad SMARTS) is 1. The maximum atomic E-state index is 12.0. The van der Waals surface area contributed by atoms with Crippen molar-refractivity contribution < 1.29 is 19.5 Å². The lowest BCUT2D eigenvalue weighted by molar-refractivity contribution is -0.137. The summed E-state index contributed by atoms with van der Waals surface area (Å²) in [6.07, 6.45) is 5.01. The molecule has 1 aliphatic heterocycles. The number of hydrogen-bond donors (Lipinski definition) is 3. The molecule has 1 atom stereocenters. The van der Waals surface area contributed by atoms with Crippen LogP contribution in [0, 0.1) is 0 Å². The summed E-state index contributed by atoms with van der Waals surface area (Å²) in [5.74, 6) is -0.881. The summed E-state index contributed by atoms with van der Waals surface area (Å²) in [5.41, 5.74) is 0. The number of carbonyl (C=O) groups is 3. The van der Waals surface area contributed by atoms with Gasteiger partial charge in [0.25, 0.3) is 0 Å². The number of amides is 3. The lowest BCUT2D eigenvalue weighted by Gasteiger charge is -2.23. The highest BCUT2D eigenvalue weighted by Crippen LogP contribution is 2.17. The first-order chi connectivity index (χ1) is 10.1. The fourth-order valence-corrected chi connectivity index (χ4v) is 2.50. The monoisotopic (exact) mass is 299 g/mol. The van der Waals surface area contributed by atoms with Crippen LogP contribution in [0.3, 0.4) is 0 Å². The second-order valence-corrected chi connectivity index (χ2v) is 5.26. The molecule has 0 aromatic carbocycles. The molecule has 1 rings (SSSR count). The number of carboxylic acids is 1. The molecule has 1 heterocycles. The van der Waals surface area contributed by atoms with Crippen LogP contribution in [0.15, 0.2) is 0 Å². The van der Waals surface area contributed by atoms with E-state index in [0.29, 0.717) is 25.9 Å². The topological polar surface area (TPSA) is 98.7 Å². The fourth-order valence-electron chi connectivity index (χ4n) is 2.50. The molecule has 7 nitrogen and oxygen atoms in total. The molecule has 0 bridgehead atoms. The van der Waals surface area contributed by atoms with E-state index in [2.05, 4.69) is 10.6 Å². The predicted molar refractivity (Wildman–Crippen MR) is 77.9 cm³/mol. The lowest BCUT2D eigenvalue weighted by atomic mass is 10.1. The molecule has 7 heteroatoms. The minimum absolute atomic E-state index is 0.115. The van der Waals surface area contributed by atoms with Gasteiger partial charge in [-0.15, -0.1) is 0 Å². The molecule has 3 N–H and O–H groups in total. The van der Waals surface area contributed by atoms with Crippen LogP contribution in [-0.4, -0.2) is 54.1 Å². The van der Waals surface area contributed by atoms with Gasteiger partial charge in [0.1, 0.15) is 6.04 Å². The number of likely N-dealkylation sites (N-methyl/N-ethyl adjacent to an activating group) is 1. The molecule has 0 spiro atoms. The Morgan fingerprint density at radius 2 is 1.90 bits per heavy atom. The number of hydrogen-bond acceptors (Lipinski definition) is 3. The van der Waals surface area contributed by atoms with E-state index in [9.17, 15) is 14.4 Å². The van der Waals surface area contributed by atoms with E-state index in [4.69, 9.17) is 5.11 Å². The van der Waals surface area contributed by atoms with Crippen molar-refractivity contribution in [2.24, 2.45) is 0 Å². The number of unbranched alkanes of at least 4 members (excludes halogenated alkanes) is 3. The molecule has 1 saturated heterocycles. The Kier molecular flexibility index (Phi) is 7.56. The molecule has 21 heavy (non-hydrogen) atoms. The van der Waals surface area contributed by atoms with Gasteiger partial charge in [0.05, 0.1) is 0 Å². The van der Waals surface area contributed by atoms with Gasteiger partial charge in [-0.25, -0.2) is 4.79 Å². The summed E-state index contributed by atoms with van der Waals surface area (Å²) in [7, 11) is 1.58. The van der Waals surface area contributed by atoms with E-state index >= 15 is 0 Å². The van der Waals surface area contributed by atoms with Crippen molar-refractivity contribution in [3.63, 3.8) is 0 Å². The van der Waals surface area contributed by atoms with Crippen LogP contribution in [0.25, 0.3) is 0 Å². The number of carbonyl (C=O) groups excluding carboxylic acids is 2. The van der Waals surface area contributed by atoms with Crippen LogP contribution in [-0.2, 0) is 9.59 Å². The average Bonchev–Trinajstić information content (AvgIpc) is 2.94. The van der Waals surface area contributed by atoms with Crippen molar-refractivity contribution in [1.82, 2.24) is 15.5 Å². The standard InChI is InChI=1S/C14H25N3O4/c1-15-13(20)11-7-6-10-17(11)14(21)16-9-5-3-2-4-8-12(18)19/h11H,2-10H2,1H3,(H,15,20)(H,16,21)(H,18,19). The maximum Gasteiger partial charge on any atom is 0.318 e. The summed E-state index contributed by atoms with van der Waals surface area (Å²) < 4.78 is 0. The molecule has 0 saturated carbocycles. The third-order valence-corrected chi connectivity index (χ3v) is 3.66.